The van der Waals surface area contributed by atoms with Gasteiger partial charge in [0.2, 0.25) is 0 Å². The molecule has 0 amide bonds. The summed E-state index contributed by atoms with van der Waals surface area (Å²) in [5, 5.41) is 8.49. The van der Waals surface area contributed by atoms with E-state index in [1.165, 1.54) is 63.2 Å². The number of rotatable bonds is 10. The maximum atomic E-state index is 15.5. The lowest BCUT2D eigenvalue weighted by atomic mass is 9.58. The summed E-state index contributed by atoms with van der Waals surface area (Å²) in [7, 11) is 0. The van der Waals surface area contributed by atoms with E-state index in [1.54, 1.807) is 6.92 Å². The normalized spacial score (nSPS) is 14.9. The van der Waals surface area contributed by atoms with Gasteiger partial charge in [0.25, 0.3) is 0 Å². The van der Waals surface area contributed by atoms with Crippen LogP contribution >= 0.6 is 0 Å². The Morgan fingerprint density at radius 3 is 2.14 bits per heavy atom. The highest BCUT2D eigenvalue weighted by Gasteiger charge is 2.53. The van der Waals surface area contributed by atoms with E-state index >= 15 is 4.39 Å². The maximum absolute atomic E-state index is 15.5. The molecular formula is C28H30F6N6O2. The number of hydrogen-bond donors (Lipinski definition) is 0. The molecule has 0 saturated heterocycles. The molecule has 2 heterocycles. The highest BCUT2D eigenvalue weighted by atomic mass is 19.3. The van der Waals surface area contributed by atoms with E-state index in [0.717, 1.165) is 12.1 Å². The quantitative estimate of drug-likeness (QED) is 0.216. The van der Waals surface area contributed by atoms with E-state index in [9.17, 15) is 26.7 Å². The monoisotopic (exact) mass is 596 g/mol. The molecule has 0 spiro atoms. The second-order valence-corrected chi connectivity index (χ2v) is 11.2. The van der Waals surface area contributed by atoms with Gasteiger partial charge in [0, 0.05) is 18.4 Å². The Kier molecular flexibility index (Phi) is 8.04. The Balaban J connectivity index is 1.73. The van der Waals surface area contributed by atoms with E-state index in [4.69, 9.17) is 4.74 Å². The molecular weight excluding hydrogens is 566 g/mol. The van der Waals surface area contributed by atoms with Crippen molar-refractivity contribution >= 4 is 0 Å². The van der Waals surface area contributed by atoms with Crippen molar-refractivity contribution in [2.75, 3.05) is 6.61 Å². The van der Waals surface area contributed by atoms with Crippen molar-refractivity contribution < 1.29 is 31.1 Å². The summed E-state index contributed by atoms with van der Waals surface area (Å²) in [6.45, 7) is 5.92. The number of benzene rings is 2. The van der Waals surface area contributed by atoms with E-state index in [1.807, 2.05) is 20.8 Å². The summed E-state index contributed by atoms with van der Waals surface area (Å²) >= 11 is 0. The first kappa shape index (κ1) is 30.8. The van der Waals surface area contributed by atoms with Crippen molar-refractivity contribution in [2.24, 2.45) is 5.41 Å². The van der Waals surface area contributed by atoms with E-state index in [0.29, 0.717) is 0 Å². The minimum Gasteiger partial charge on any atom is -0.487 e. The third-order valence-corrected chi connectivity index (χ3v) is 7.58. The maximum Gasteiger partial charge on any atom is 0.350 e. The predicted octanol–water partition coefficient (Wildman–Crippen LogP) is 5.82. The number of aromatic nitrogens is 6. The molecule has 2 aromatic heterocycles. The van der Waals surface area contributed by atoms with Crippen LogP contribution < -0.4 is 10.4 Å². The van der Waals surface area contributed by atoms with Gasteiger partial charge >= 0.3 is 17.5 Å². The van der Waals surface area contributed by atoms with Crippen LogP contribution in [0.4, 0.5) is 26.3 Å². The highest BCUT2D eigenvalue weighted by molar-refractivity contribution is 5.37. The molecule has 0 saturated carbocycles. The molecule has 0 radical (unpaired) electrons. The van der Waals surface area contributed by atoms with Gasteiger partial charge in [-0.05, 0) is 48.2 Å². The Bertz CT molecular complexity index is 1570. The SMILES string of the molecule is C[C@@H](n1ncn(-c2ccc(OCC(F)(F)C(C)(F)F)cc2)c1=O)C(Cn1cncn1)(c1ccc(F)cc1F)C(C)(C)C. The number of nitrogens with zero attached hydrogens (tertiary/aromatic N) is 6. The average Bonchev–Trinajstić information content (AvgIpc) is 3.54. The van der Waals surface area contributed by atoms with Gasteiger partial charge in [0.15, 0.2) is 6.61 Å². The molecule has 226 valence electrons. The van der Waals surface area contributed by atoms with Crippen molar-refractivity contribution in [1.82, 2.24) is 29.1 Å². The predicted molar refractivity (Wildman–Crippen MR) is 141 cm³/mol. The minimum absolute atomic E-state index is 0.0625. The van der Waals surface area contributed by atoms with Gasteiger partial charge in [0.05, 0.1) is 18.3 Å². The van der Waals surface area contributed by atoms with Crippen molar-refractivity contribution in [3.8, 4) is 11.4 Å². The van der Waals surface area contributed by atoms with Crippen molar-refractivity contribution in [3.63, 3.8) is 0 Å². The third kappa shape index (κ3) is 5.66. The van der Waals surface area contributed by atoms with Crippen molar-refractivity contribution in [2.45, 2.75) is 64.5 Å². The van der Waals surface area contributed by atoms with Gasteiger partial charge in [-0.25, -0.2) is 36.6 Å². The Morgan fingerprint density at radius 2 is 1.60 bits per heavy atom. The molecule has 0 aliphatic rings. The molecule has 42 heavy (non-hydrogen) atoms. The van der Waals surface area contributed by atoms with E-state index in [-0.39, 0.29) is 30.5 Å². The molecule has 0 fully saturated rings. The van der Waals surface area contributed by atoms with Crippen LogP contribution in [-0.4, -0.2) is 47.6 Å². The average molecular weight is 597 g/mol. The zero-order valence-corrected chi connectivity index (χ0v) is 23.5. The summed E-state index contributed by atoms with van der Waals surface area (Å²) in [5.74, 6) is -10.3. The van der Waals surface area contributed by atoms with Crippen LogP contribution in [0.5, 0.6) is 5.75 Å². The van der Waals surface area contributed by atoms with Crippen LogP contribution in [-0.2, 0) is 12.0 Å². The third-order valence-electron chi connectivity index (χ3n) is 7.58. The Hall–Kier alpha value is -4.10. The molecule has 4 aromatic rings. The molecule has 0 aliphatic carbocycles. The van der Waals surface area contributed by atoms with Crippen LogP contribution in [0.2, 0.25) is 0 Å². The van der Waals surface area contributed by atoms with Gasteiger partial charge in [-0.2, -0.15) is 19.0 Å². The Labute approximate surface area is 237 Å². The molecule has 0 aliphatic heterocycles. The van der Waals surface area contributed by atoms with Gasteiger partial charge in [-0.1, -0.05) is 26.8 Å². The van der Waals surface area contributed by atoms with E-state index < -0.39 is 52.6 Å². The highest BCUT2D eigenvalue weighted by Crippen LogP contribution is 2.51. The van der Waals surface area contributed by atoms with Gasteiger partial charge in [-0.15, -0.1) is 0 Å². The molecule has 1 unspecified atom stereocenters. The molecule has 2 atom stereocenters. The number of halogens is 6. The van der Waals surface area contributed by atoms with Crippen LogP contribution in [0.1, 0.15) is 46.2 Å². The number of hydrogen-bond acceptors (Lipinski definition) is 5. The van der Waals surface area contributed by atoms with Crippen molar-refractivity contribution in [1.29, 1.82) is 0 Å². The summed E-state index contributed by atoms with van der Waals surface area (Å²) < 4.78 is 91.5. The Morgan fingerprint density at radius 1 is 0.929 bits per heavy atom. The molecule has 4 rings (SSSR count). The first-order valence-corrected chi connectivity index (χ1v) is 12.9. The number of alkyl halides is 4. The molecule has 0 bridgehead atoms. The van der Waals surface area contributed by atoms with Crippen LogP contribution in [0, 0.1) is 17.0 Å². The van der Waals surface area contributed by atoms with Crippen LogP contribution in [0.15, 0.2) is 66.2 Å². The lowest BCUT2D eigenvalue weighted by Gasteiger charge is -2.49. The zero-order valence-electron chi connectivity index (χ0n) is 23.5. The van der Waals surface area contributed by atoms with E-state index in [2.05, 4.69) is 15.2 Å². The molecule has 14 heteroatoms. The second-order valence-electron chi connectivity index (χ2n) is 11.2. The summed E-state index contributed by atoms with van der Waals surface area (Å²) in [4.78, 5) is 17.6. The van der Waals surface area contributed by atoms with Gasteiger partial charge in [-0.3, -0.25) is 4.68 Å². The zero-order chi connectivity index (χ0) is 31.1. The summed E-state index contributed by atoms with van der Waals surface area (Å²) in [5.41, 5.74) is -2.15. The van der Waals surface area contributed by atoms with Crippen LogP contribution in [0.25, 0.3) is 5.69 Å². The molecule has 8 nitrogen and oxygen atoms in total. The smallest absolute Gasteiger partial charge is 0.350 e. The largest absolute Gasteiger partial charge is 0.487 e. The second kappa shape index (κ2) is 11.0. The number of ether oxygens (including phenoxy) is 1. The standard InChI is InChI=1S/C28H30F6N6O2/c1-18(27(25(2,3)4,13-38-16-35-15-36-38)22-11-6-19(29)12-23(22)30)40-24(41)39(17-37-40)20-7-9-21(10-8-20)42-14-28(33,34)26(5,31)32/h6-12,15-18H,13-14H2,1-5H3/t18-,27?/m1/s1. The molecule has 2 aromatic carbocycles. The first-order chi connectivity index (χ1) is 19.5. The lowest BCUT2D eigenvalue weighted by Crippen LogP contribution is -2.52. The fraction of sp³-hybridized carbons (Fsp3) is 0.429. The molecule has 0 N–H and O–H groups in total. The van der Waals surface area contributed by atoms with Crippen LogP contribution in [0.3, 0.4) is 0 Å². The lowest BCUT2D eigenvalue weighted by molar-refractivity contribution is -0.211. The van der Waals surface area contributed by atoms with Crippen molar-refractivity contribution in [3.05, 3.63) is 89.1 Å². The minimum atomic E-state index is -4.38. The topological polar surface area (TPSA) is 79.8 Å². The summed E-state index contributed by atoms with van der Waals surface area (Å²) in [6.07, 6.45) is 4.02. The van der Waals surface area contributed by atoms with Gasteiger partial charge < -0.3 is 4.74 Å². The fourth-order valence-electron chi connectivity index (χ4n) is 5.10. The summed E-state index contributed by atoms with van der Waals surface area (Å²) in [6, 6.07) is 7.72. The van der Waals surface area contributed by atoms with Gasteiger partial charge in [0.1, 0.15) is 36.4 Å². The first-order valence-electron chi connectivity index (χ1n) is 12.9. The fourth-order valence-corrected chi connectivity index (χ4v) is 5.10.